The number of thiophene rings is 1. The van der Waals surface area contributed by atoms with Crippen LogP contribution in [0.15, 0.2) is 11.4 Å². The van der Waals surface area contributed by atoms with E-state index in [2.05, 4.69) is 20.4 Å². The van der Waals surface area contributed by atoms with Crippen LogP contribution in [0.2, 0.25) is 0 Å². The first-order valence-electron chi connectivity index (χ1n) is 9.33. The largest absolute Gasteiger partial charge is 0.462 e. The van der Waals surface area contributed by atoms with Gasteiger partial charge in [0.05, 0.1) is 25.3 Å². The molecule has 2 fully saturated rings. The zero-order valence-corrected chi connectivity index (χ0v) is 16.3. The molecular formula is C18H26N4O4S. The summed E-state index contributed by atoms with van der Waals surface area (Å²) in [6.45, 7) is 5.73. The monoisotopic (exact) mass is 394 g/mol. The zero-order valence-electron chi connectivity index (χ0n) is 15.5. The van der Waals surface area contributed by atoms with Crippen molar-refractivity contribution < 1.29 is 19.1 Å². The van der Waals surface area contributed by atoms with Crippen molar-refractivity contribution in [2.24, 2.45) is 0 Å². The van der Waals surface area contributed by atoms with E-state index in [9.17, 15) is 14.4 Å². The van der Waals surface area contributed by atoms with Gasteiger partial charge in [-0.15, -0.1) is 11.3 Å². The molecule has 1 aromatic heterocycles. The highest BCUT2D eigenvalue weighted by Crippen LogP contribution is 2.24. The molecular weight excluding hydrogens is 368 g/mol. The van der Waals surface area contributed by atoms with Gasteiger partial charge in [-0.3, -0.25) is 19.4 Å². The van der Waals surface area contributed by atoms with Crippen LogP contribution in [0.4, 0.5) is 5.00 Å². The number of carbonyl (C=O) groups is 3. The number of ether oxygens (including phenoxy) is 1. The summed E-state index contributed by atoms with van der Waals surface area (Å²) in [5, 5.41) is 8.09. The zero-order chi connectivity index (χ0) is 19.2. The summed E-state index contributed by atoms with van der Waals surface area (Å²) in [4.78, 5) is 40.2. The Hall–Kier alpha value is -1.97. The second-order valence-electron chi connectivity index (χ2n) is 6.83. The van der Waals surface area contributed by atoms with Crippen LogP contribution in [0.3, 0.4) is 0 Å². The number of piperazine rings is 1. The van der Waals surface area contributed by atoms with E-state index in [-0.39, 0.29) is 18.4 Å². The average molecular weight is 394 g/mol. The molecule has 0 unspecified atom stereocenters. The minimum atomic E-state index is -0.424. The van der Waals surface area contributed by atoms with Crippen LogP contribution in [0.25, 0.3) is 0 Å². The van der Waals surface area contributed by atoms with E-state index in [1.807, 2.05) is 0 Å². The van der Waals surface area contributed by atoms with Crippen LogP contribution < -0.4 is 10.6 Å². The van der Waals surface area contributed by atoms with Gasteiger partial charge in [0.15, 0.2) is 0 Å². The first-order chi connectivity index (χ1) is 13.0. The molecule has 1 aliphatic heterocycles. The Labute approximate surface area is 162 Å². The van der Waals surface area contributed by atoms with E-state index in [0.717, 1.165) is 39.0 Å². The fourth-order valence-corrected chi connectivity index (χ4v) is 3.75. The van der Waals surface area contributed by atoms with Crippen LogP contribution in [0.1, 0.15) is 30.1 Å². The predicted molar refractivity (Wildman–Crippen MR) is 103 cm³/mol. The highest BCUT2D eigenvalue weighted by atomic mass is 32.1. The summed E-state index contributed by atoms with van der Waals surface area (Å²) < 4.78 is 5.00. The summed E-state index contributed by atoms with van der Waals surface area (Å²) >= 11 is 1.31. The summed E-state index contributed by atoms with van der Waals surface area (Å²) in [5.74, 6) is -0.483. The van der Waals surface area contributed by atoms with Crippen LogP contribution in [-0.4, -0.2) is 79.5 Å². The van der Waals surface area contributed by atoms with Crippen molar-refractivity contribution in [3.63, 3.8) is 0 Å². The van der Waals surface area contributed by atoms with Crippen LogP contribution in [-0.2, 0) is 14.3 Å². The topological polar surface area (TPSA) is 91.0 Å². The van der Waals surface area contributed by atoms with E-state index < -0.39 is 5.97 Å². The molecule has 2 heterocycles. The Morgan fingerprint density at radius 2 is 1.74 bits per heavy atom. The second-order valence-corrected chi connectivity index (χ2v) is 7.74. The minimum Gasteiger partial charge on any atom is -0.462 e. The van der Waals surface area contributed by atoms with Crippen LogP contribution >= 0.6 is 11.3 Å². The van der Waals surface area contributed by atoms with Crippen molar-refractivity contribution in [2.45, 2.75) is 25.8 Å². The molecule has 1 aromatic rings. The summed E-state index contributed by atoms with van der Waals surface area (Å²) in [6.07, 6.45) is 2.19. The number of nitrogens with zero attached hydrogens (tertiary/aromatic N) is 2. The Kier molecular flexibility index (Phi) is 6.81. The van der Waals surface area contributed by atoms with Gasteiger partial charge in [0.2, 0.25) is 11.8 Å². The molecule has 0 bridgehead atoms. The quantitative estimate of drug-likeness (QED) is 0.633. The number of hydrogen-bond acceptors (Lipinski definition) is 7. The summed E-state index contributed by atoms with van der Waals surface area (Å²) in [7, 11) is 0. The van der Waals surface area contributed by atoms with Gasteiger partial charge >= 0.3 is 5.97 Å². The fraction of sp³-hybridized carbons (Fsp3) is 0.611. The van der Waals surface area contributed by atoms with E-state index in [4.69, 9.17) is 4.74 Å². The molecule has 8 nitrogen and oxygen atoms in total. The molecule has 0 atom stereocenters. The van der Waals surface area contributed by atoms with Crippen molar-refractivity contribution in [3.8, 4) is 0 Å². The lowest BCUT2D eigenvalue weighted by Crippen LogP contribution is -2.51. The molecule has 1 saturated heterocycles. The van der Waals surface area contributed by atoms with Gasteiger partial charge in [0.1, 0.15) is 5.00 Å². The Morgan fingerprint density at radius 3 is 2.33 bits per heavy atom. The number of carbonyl (C=O) groups excluding carboxylic acids is 3. The van der Waals surface area contributed by atoms with Gasteiger partial charge in [0, 0.05) is 32.2 Å². The third-order valence-corrected chi connectivity index (χ3v) is 5.39. The molecule has 0 spiro atoms. The lowest BCUT2D eigenvalue weighted by molar-refractivity contribution is -0.123. The first kappa shape index (κ1) is 19.8. The van der Waals surface area contributed by atoms with Gasteiger partial charge < -0.3 is 15.4 Å². The average Bonchev–Trinajstić information content (AvgIpc) is 3.31. The molecule has 3 rings (SSSR count). The number of nitrogens with one attached hydrogen (secondary N) is 2. The lowest BCUT2D eigenvalue weighted by atomic mass is 10.3. The molecule has 2 amide bonds. The maximum Gasteiger partial charge on any atom is 0.341 e. The van der Waals surface area contributed by atoms with Gasteiger partial charge in [-0.2, -0.15) is 0 Å². The van der Waals surface area contributed by atoms with Crippen molar-refractivity contribution in [1.29, 1.82) is 0 Å². The minimum absolute atomic E-state index is 0.0906. The third kappa shape index (κ3) is 6.02. The van der Waals surface area contributed by atoms with Crippen LogP contribution in [0, 0.1) is 0 Å². The predicted octanol–water partition coefficient (Wildman–Crippen LogP) is 0.760. The number of hydrogen-bond donors (Lipinski definition) is 2. The maximum atomic E-state index is 12.3. The Morgan fingerprint density at radius 1 is 1.11 bits per heavy atom. The molecule has 1 aliphatic carbocycles. The third-order valence-electron chi connectivity index (χ3n) is 4.56. The van der Waals surface area contributed by atoms with E-state index in [0.29, 0.717) is 29.8 Å². The number of rotatable bonds is 8. The van der Waals surface area contributed by atoms with E-state index in [1.54, 1.807) is 18.4 Å². The fourth-order valence-electron chi connectivity index (χ4n) is 2.95. The summed E-state index contributed by atoms with van der Waals surface area (Å²) in [6, 6.07) is 2.04. The van der Waals surface area contributed by atoms with Gasteiger partial charge in [-0.25, -0.2) is 4.79 Å². The molecule has 27 heavy (non-hydrogen) atoms. The molecule has 0 aromatic carbocycles. The van der Waals surface area contributed by atoms with Gasteiger partial charge in [-0.05, 0) is 31.2 Å². The van der Waals surface area contributed by atoms with Crippen molar-refractivity contribution in [2.75, 3.05) is 51.2 Å². The van der Waals surface area contributed by atoms with Crippen molar-refractivity contribution >= 4 is 34.1 Å². The maximum absolute atomic E-state index is 12.3. The Balaban J connectivity index is 1.40. The van der Waals surface area contributed by atoms with E-state index >= 15 is 0 Å². The molecule has 9 heteroatoms. The van der Waals surface area contributed by atoms with Crippen molar-refractivity contribution in [3.05, 3.63) is 17.0 Å². The highest BCUT2D eigenvalue weighted by molar-refractivity contribution is 7.14. The molecule has 1 saturated carbocycles. The number of anilines is 1. The number of amides is 2. The number of esters is 1. The summed E-state index contributed by atoms with van der Waals surface area (Å²) in [5.41, 5.74) is 0.390. The second kappa shape index (κ2) is 9.29. The van der Waals surface area contributed by atoms with E-state index in [1.165, 1.54) is 11.3 Å². The highest BCUT2D eigenvalue weighted by Gasteiger charge is 2.26. The standard InChI is InChI=1S/C18H26N4O4S/c1-2-26-18(25)14-5-10-27-17(14)20-16(24)12-22-8-6-21(7-9-22)11-15(23)19-13-3-4-13/h5,10,13H,2-4,6-9,11-12H2,1H3,(H,19,23)(H,20,24). The molecule has 148 valence electrons. The van der Waals surface area contributed by atoms with Gasteiger partial charge in [0.25, 0.3) is 0 Å². The molecule has 2 aliphatic rings. The van der Waals surface area contributed by atoms with Crippen LogP contribution in [0.5, 0.6) is 0 Å². The normalized spacial score (nSPS) is 18.1. The molecule has 2 N–H and O–H groups in total. The van der Waals surface area contributed by atoms with Gasteiger partial charge in [-0.1, -0.05) is 0 Å². The smallest absolute Gasteiger partial charge is 0.341 e. The SMILES string of the molecule is CCOC(=O)c1ccsc1NC(=O)CN1CCN(CC(=O)NC2CC2)CC1. The Bertz CT molecular complexity index is 681. The first-order valence-corrected chi connectivity index (χ1v) is 10.2. The molecule has 0 radical (unpaired) electrons. The van der Waals surface area contributed by atoms with Crippen molar-refractivity contribution in [1.82, 2.24) is 15.1 Å². The lowest BCUT2D eigenvalue weighted by Gasteiger charge is -2.33.